The molecule has 0 radical (unpaired) electrons. The number of carbonyl (C=O) groups is 1. The first-order chi connectivity index (χ1) is 12.4. The largest absolute Gasteiger partial charge is 0.452 e. The Hall–Kier alpha value is -2.60. The third-order valence-corrected chi connectivity index (χ3v) is 6.25. The molecule has 3 rings (SSSR count). The van der Waals surface area contributed by atoms with Crippen LogP contribution in [0.15, 0.2) is 71.8 Å². The van der Waals surface area contributed by atoms with Crippen LogP contribution < -0.4 is 0 Å². The van der Waals surface area contributed by atoms with Gasteiger partial charge in [-0.05, 0) is 44.0 Å². The van der Waals surface area contributed by atoms with Gasteiger partial charge in [0.2, 0.25) is 0 Å². The lowest BCUT2D eigenvalue weighted by atomic mass is 10.1. The molecule has 1 fully saturated rings. The summed E-state index contributed by atoms with van der Waals surface area (Å²) in [7, 11) is -3.72. The molecule has 6 heteroatoms. The number of hydrogen-bond acceptors (Lipinski definition) is 4. The van der Waals surface area contributed by atoms with Crippen molar-refractivity contribution in [3.63, 3.8) is 0 Å². The molecule has 5 nitrogen and oxygen atoms in total. The number of piperidine rings is 1. The van der Waals surface area contributed by atoms with Crippen LogP contribution in [0.3, 0.4) is 0 Å². The van der Waals surface area contributed by atoms with E-state index in [1.165, 1.54) is 4.31 Å². The number of carbonyl (C=O) groups excluding carboxylic acids is 1. The molecule has 0 aromatic heterocycles. The molecule has 1 aliphatic heterocycles. The lowest BCUT2D eigenvalue weighted by Crippen LogP contribution is -2.41. The van der Waals surface area contributed by atoms with Crippen molar-refractivity contribution in [1.29, 1.82) is 0 Å². The Bertz CT molecular complexity index is 905. The molecule has 26 heavy (non-hydrogen) atoms. The van der Waals surface area contributed by atoms with Gasteiger partial charge < -0.3 is 4.74 Å². The predicted octanol–water partition coefficient (Wildman–Crippen LogP) is 3.52. The van der Waals surface area contributed by atoms with Crippen LogP contribution in [0, 0.1) is 6.92 Å². The number of aryl methyl sites for hydroxylation is 1. The van der Waals surface area contributed by atoms with E-state index in [0.717, 1.165) is 5.56 Å². The topological polar surface area (TPSA) is 63.7 Å². The third-order valence-electron chi connectivity index (χ3n) is 4.39. The molecule has 0 bridgehead atoms. The minimum atomic E-state index is -3.72. The quantitative estimate of drug-likeness (QED) is 0.772. The number of esters is 1. The van der Waals surface area contributed by atoms with Gasteiger partial charge in [-0.1, -0.05) is 42.5 Å². The van der Waals surface area contributed by atoms with Crippen molar-refractivity contribution < 1.29 is 17.9 Å². The van der Waals surface area contributed by atoms with E-state index in [-0.39, 0.29) is 4.90 Å². The number of sulfonamides is 1. The minimum Gasteiger partial charge on any atom is -0.452 e. The Morgan fingerprint density at radius 1 is 1.12 bits per heavy atom. The molecule has 1 saturated heterocycles. The van der Waals surface area contributed by atoms with E-state index < -0.39 is 22.1 Å². The summed E-state index contributed by atoms with van der Waals surface area (Å²) in [6, 6.07) is 15.3. The van der Waals surface area contributed by atoms with Crippen LogP contribution in [0.2, 0.25) is 0 Å². The first-order valence-electron chi connectivity index (χ1n) is 8.44. The summed E-state index contributed by atoms with van der Waals surface area (Å²) in [5.41, 5.74) is 1.70. The molecule has 1 atom stereocenters. The molecule has 1 heterocycles. The summed E-state index contributed by atoms with van der Waals surface area (Å²) in [6.45, 7) is 6.13. The highest BCUT2D eigenvalue weighted by atomic mass is 32.2. The molecular formula is C20H21NO4S. The number of nitrogens with zero attached hydrogens (tertiary/aromatic N) is 1. The standard InChI is InChI=1S/C20H21NO4S/c1-15-10-12-18(13-11-15)26(23,24)21-14-6-9-19(16(21)2)25-20(22)17-7-4-3-5-8-17/h3-5,7-8,10-13,19H,2,6,9,14H2,1H3. The molecular weight excluding hydrogens is 350 g/mol. The summed E-state index contributed by atoms with van der Waals surface area (Å²) in [4.78, 5) is 12.5. The highest BCUT2D eigenvalue weighted by molar-refractivity contribution is 7.89. The van der Waals surface area contributed by atoms with Gasteiger partial charge in [-0.2, -0.15) is 0 Å². The molecule has 0 N–H and O–H groups in total. The zero-order chi connectivity index (χ0) is 18.7. The first kappa shape index (κ1) is 18.2. The fourth-order valence-corrected chi connectivity index (χ4v) is 4.43. The van der Waals surface area contributed by atoms with Gasteiger partial charge in [-0.3, -0.25) is 4.31 Å². The smallest absolute Gasteiger partial charge is 0.338 e. The average molecular weight is 371 g/mol. The highest BCUT2D eigenvalue weighted by Crippen LogP contribution is 2.29. The Kier molecular flexibility index (Phi) is 5.13. The molecule has 136 valence electrons. The molecule has 1 unspecified atom stereocenters. The van der Waals surface area contributed by atoms with Crippen LogP contribution in [-0.2, 0) is 14.8 Å². The maximum absolute atomic E-state index is 12.9. The Balaban J connectivity index is 1.79. The summed E-state index contributed by atoms with van der Waals surface area (Å²) < 4.78 is 32.6. The minimum absolute atomic E-state index is 0.208. The van der Waals surface area contributed by atoms with Crippen molar-refractivity contribution in [1.82, 2.24) is 4.31 Å². The molecule has 0 aliphatic carbocycles. The first-order valence-corrected chi connectivity index (χ1v) is 9.88. The second-order valence-electron chi connectivity index (χ2n) is 6.28. The van der Waals surface area contributed by atoms with Gasteiger partial charge in [0.25, 0.3) is 10.0 Å². The molecule has 0 amide bonds. The van der Waals surface area contributed by atoms with E-state index in [9.17, 15) is 13.2 Å². The lowest BCUT2D eigenvalue weighted by molar-refractivity contribution is 0.0282. The van der Waals surface area contributed by atoms with E-state index in [1.54, 1.807) is 48.5 Å². The van der Waals surface area contributed by atoms with Gasteiger partial charge >= 0.3 is 5.97 Å². The summed E-state index contributed by atoms with van der Waals surface area (Å²) >= 11 is 0. The monoisotopic (exact) mass is 371 g/mol. The van der Waals surface area contributed by atoms with Gasteiger partial charge in [-0.25, -0.2) is 13.2 Å². The number of rotatable bonds is 4. The maximum Gasteiger partial charge on any atom is 0.338 e. The van der Waals surface area contributed by atoms with Crippen molar-refractivity contribution in [3.05, 3.63) is 78.0 Å². The van der Waals surface area contributed by atoms with Gasteiger partial charge in [0, 0.05) is 6.54 Å². The second kappa shape index (κ2) is 7.33. The Morgan fingerprint density at radius 2 is 1.77 bits per heavy atom. The van der Waals surface area contributed by atoms with E-state index in [2.05, 4.69) is 6.58 Å². The fraction of sp³-hybridized carbons (Fsp3) is 0.250. The van der Waals surface area contributed by atoms with Crippen molar-refractivity contribution >= 4 is 16.0 Å². The summed E-state index contributed by atoms with van der Waals surface area (Å²) in [6.07, 6.45) is 0.491. The second-order valence-corrected chi connectivity index (χ2v) is 8.15. The zero-order valence-electron chi connectivity index (χ0n) is 14.6. The molecule has 0 saturated carbocycles. The van der Waals surface area contributed by atoms with Gasteiger partial charge in [0.05, 0.1) is 16.2 Å². The van der Waals surface area contributed by atoms with E-state index in [1.807, 2.05) is 13.0 Å². The van der Waals surface area contributed by atoms with E-state index in [4.69, 9.17) is 4.74 Å². The lowest BCUT2D eigenvalue weighted by Gasteiger charge is -2.35. The Morgan fingerprint density at radius 3 is 2.42 bits per heavy atom. The van der Waals surface area contributed by atoms with Crippen LogP contribution in [0.5, 0.6) is 0 Å². The van der Waals surface area contributed by atoms with Crippen LogP contribution >= 0.6 is 0 Å². The summed E-state index contributed by atoms with van der Waals surface area (Å²) in [5.74, 6) is -0.480. The van der Waals surface area contributed by atoms with Crippen molar-refractivity contribution in [2.24, 2.45) is 0 Å². The Labute approximate surface area is 154 Å². The van der Waals surface area contributed by atoms with Gasteiger partial charge in [-0.15, -0.1) is 0 Å². The number of ether oxygens (including phenoxy) is 1. The predicted molar refractivity (Wildman–Crippen MR) is 99.1 cm³/mol. The molecule has 0 spiro atoms. The molecule has 2 aromatic rings. The maximum atomic E-state index is 12.9. The zero-order valence-corrected chi connectivity index (χ0v) is 15.4. The van der Waals surface area contributed by atoms with Crippen LogP contribution in [0.25, 0.3) is 0 Å². The average Bonchev–Trinajstić information content (AvgIpc) is 2.64. The van der Waals surface area contributed by atoms with Crippen molar-refractivity contribution in [2.45, 2.75) is 30.8 Å². The third kappa shape index (κ3) is 3.65. The molecule has 1 aliphatic rings. The van der Waals surface area contributed by atoms with E-state index >= 15 is 0 Å². The SMILES string of the molecule is C=C1C(OC(=O)c2ccccc2)CCCN1S(=O)(=O)c1ccc(C)cc1. The van der Waals surface area contributed by atoms with Crippen molar-refractivity contribution in [2.75, 3.05) is 6.54 Å². The highest BCUT2D eigenvalue weighted by Gasteiger charge is 2.34. The van der Waals surface area contributed by atoms with Crippen LogP contribution in [0.1, 0.15) is 28.8 Å². The van der Waals surface area contributed by atoms with Crippen LogP contribution in [-0.4, -0.2) is 31.3 Å². The summed E-state index contributed by atoms with van der Waals surface area (Å²) in [5, 5.41) is 0. The van der Waals surface area contributed by atoms with E-state index in [0.29, 0.717) is 30.6 Å². The van der Waals surface area contributed by atoms with Crippen LogP contribution in [0.4, 0.5) is 0 Å². The number of hydrogen-bond donors (Lipinski definition) is 0. The van der Waals surface area contributed by atoms with Gasteiger partial charge in [0.15, 0.2) is 0 Å². The van der Waals surface area contributed by atoms with Crippen molar-refractivity contribution in [3.8, 4) is 0 Å². The number of benzene rings is 2. The fourth-order valence-electron chi connectivity index (χ4n) is 2.90. The normalized spacial score (nSPS) is 17.8. The van der Waals surface area contributed by atoms with Gasteiger partial charge in [0.1, 0.15) is 6.10 Å². The molecule has 2 aromatic carbocycles.